The van der Waals surface area contributed by atoms with Crippen LogP contribution in [0.3, 0.4) is 0 Å². The van der Waals surface area contributed by atoms with Gasteiger partial charge in [-0.2, -0.15) is 0 Å². The van der Waals surface area contributed by atoms with Crippen LogP contribution in [0.1, 0.15) is 5.56 Å². The van der Waals surface area contributed by atoms with Gasteiger partial charge >= 0.3 is 0 Å². The van der Waals surface area contributed by atoms with Crippen LogP contribution in [0.15, 0.2) is 71.7 Å². The van der Waals surface area contributed by atoms with Crippen LogP contribution >= 0.6 is 11.8 Å². The first kappa shape index (κ1) is 16.2. The molecule has 1 atom stereocenters. The van der Waals surface area contributed by atoms with Crippen LogP contribution in [0.2, 0.25) is 0 Å². The number of aromatic hydroxyl groups is 1. The number of phenols is 1. The fraction of sp³-hybridized carbons (Fsp3) is 0.105. The van der Waals surface area contributed by atoms with Crippen LogP contribution < -0.4 is 10.2 Å². The van der Waals surface area contributed by atoms with Gasteiger partial charge in [0.2, 0.25) is 0 Å². The molecule has 1 aliphatic rings. The van der Waals surface area contributed by atoms with Crippen molar-refractivity contribution in [2.24, 2.45) is 0 Å². The number of carbonyl (C=O) groups is 1. The van der Waals surface area contributed by atoms with Crippen LogP contribution in [0.5, 0.6) is 5.75 Å². The van der Waals surface area contributed by atoms with Crippen molar-refractivity contribution >= 4 is 29.4 Å². The predicted octanol–water partition coefficient (Wildman–Crippen LogP) is 3.57. The second-order valence-electron chi connectivity index (χ2n) is 5.37. The average Bonchev–Trinajstić information content (AvgIpc) is 2.97. The van der Waals surface area contributed by atoms with Gasteiger partial charge in [0.1, 0.15) is 5.75 Å². The Hall–Kier alpha value is -2.66. The molecular formula is C19H18N2O2S. The standard InChI is InChI=1S/C19H18N2O2S/c1-21(15-10-12-16(22)13-11-15)19-20-18(23)17(24-19)9-5-8-14-6-3-2-4-7-14/h2-13,19,22H,1H3,(H,20,23)/b8-5+,17-9-. The van der Waals surface area contributed by atoms with Crippen molar-refractivity contribution in [1.82, 2.24) is 5.32 Å². The van der Waals surface area contributed by atoms with E-state index >= 15 is 0 Å². The first-order valence-electron chi connectivity index (χ1n) is 7.56. The maximum atomic E-state index is 12.1. The van der Waals surface area contributed by atoms with Gasteiger partial charge in [-0.15, -0.1) is 0 Å². The van der Waals surface area contributed by atoms with Crippen LogP contribution in [-0.4, -0.2) is 23.6 Å². The molecule has 2 aromatic carbocycles. The Bertz CT molecular complexity index is 770. The first-order chi connectivity index (χ1) is 11.6. The summed E-state index contributed by atoms with van der Waals surface area (Å²) in [6.07, 6.45) is 5.69. The molecule has 1 amide bonds. The summed E-state index contributed by atoms with van der Waals surface area (Å²) >= 11 is 1.47. The van der Waals surface area contributed by atoms with Crippen LogP contribution in [0.4, 0.5) is 5.69 Å². The molecule has 2 aromatic rings. The van der Waals surface area contributed by atoms with E-state index in [9.17, 15) is 9.90 Å². The number of thioether (sulfide) groups is 1. The van der Waals surface area contributed by atoms with E-state index in [4.69, 9.17) is 0 Å². The molecule has 24 heavy (non-hydrogen) atoms. The molecule has 1 fully saturated rings. The minimum Gasteiger partial charge on any atom is -0.508 e. The lowest BCUT2D eigenvalue weighted by molar-refractivity contribution is -0.116. The molecule has 0 aromatic heterocycles. The summed E-state index contributed by atoms with van der Waals surface area (Å²) in [6, 6.07) is 16.9. The molecule has 1 heterocycles. The second-order valence-corrected chi connectivity index (χ2v) is 6.49. The van der Waals surface area contributed by atoms with Gasteiger partial charge in [0.15, 0.2) is 5.50 Å². The number of allylic oxidation sites excluding steroid dienone is 2. The molecule has 122 valence electrons. The summed E-state index contributed by atoms with van der Waals surface area (Å²) in [6.45, 7) is 0. The molecule has 0 aliphatic carbocycles. The summed E-state index contributed by atoms with van der Waals surface area (Å²) < 4.78 is 0. The topological polar surface area (TPSA) is 52.6 Å². The normalized spacial score (nSPS) is 19.0. The van der Waals surface area contributed by atoms with Crippen LogP contribution in [0, 0.1) is 0 Å². The number of amides is 1. The fourth-order valence-electron chi connectivity index (χ4n) is 2.31. The van der Waals surface area contributed by atoms with Crippen molar-refractivity contribution in [3.63, 3.8) is 0 Å². The van der Waals surface area contributed by atoms with Gasteiger partial charge in [0.25, 0.3) is 5.91 Å². The predicted molar refractivity (Wildman–Crippen MR) is 99.6 cm³/mol. The number of nitrogens with one attached hydrogen (secondary N) is 1. The third kappa shape index (κ3) is 3.81. The Labute approximate surface area is 145 Å². The van der Waals surface area contributed by atoms with Gasteiger partial charge in [-0.3, -0.25) is 4.79 Å². The molecule has 4 nitrogen and oxygen atoms in total. The summed E-state index contributed by atoms with van der Waals surface area (Å²) in [5, 5.41) is 12.3. The van der Waals surface area contributed by atoms with E-state index in [1.54, 1.807) is 12.1 Å². The first-order valence-corrected chi connectivity index (χ1v) is 8.44. The zero-order chi connectivity index (χ0) is 16.9. The van der Waals surface area contributed by atoms with E-state index in [1.165, 1.54) is 11.8 Å². The molecule has 0 radical (unpaired) electrons. The number of hydrogen-bond donors (Lipinski definition) is 2. The van der Waals surface area contributed by atoms with Gasteiger partial charge in [-0.05, 0) is 35.9 Å². The molecule has 0 bridgehead atoms. The molecular weight excluding hydrogens is 320 g/mol. The molecule has 3 rings (SSSR count). The number of benzene rings is 2. The summed E-state index contributed by atoms with van der Waals surface area (Å²) in [4.78, 5) is 14.8. The van der Waals surface area contributed by atoms with Crippen molar-refractivity contribution < 1.29 is 9.90 Å². The molecule has 1 saturated heterocycles. The minimum atomic E-state index is -0.168. The highest BCUT2D eigenvalue weighted by Gasteiger charge is 2.29. The molecule has 2 N–H and O–H groups in total. The number of phenolic OH excluding ortho intramolecular Hbond substituents is 1. The lowest BCUT2D eigenvalue weighted by atomic mass is 10.2. The monoisotopic (exact) mass is 338 g/mol. The van der Waals surface area contributed by atoms with Crippen LogP contribution in [-0.2, 0) is 4.79 Å². The van der Waals surface area contributed by atoms with Gasteiger partial charge in [0.05, 0.1) is 4.91 Å². The third-order valence-electron chi connectivity index (χ3n) is 3.66. The Morgan fingerprint density at radius 2 is 1.83 bits per heavy atom. The zero-order valence-corrected chi connectivity index (χ0v) is 14.0. The molecule has 0 spiro atoms. The summed E-state index contributed by atoms with van der Waals surface area (Å²) in [5.74, 6) is 0.148. The minimum absolute atomic E-state index is 0.0756. The van der Waals surface area contributed by atoms with Crippen molar-refractivity contribution in [2.75, 3.05) is 11.9 Å². The number of nitrogens with zero attached hydrogens (tertiary/aromatic N) is 1. The number of carbonyl (C=O) groups excluding carboxylic acids is 1. The SMILES string of the molecule is CN(c1ccc(O)cc1)C1NC(=O)/C(=C/C=C/c2ccccc2)S1. The highest BCUT2D eigenvalue weighted by Crippen LogP contribution is 2.32. The smallest absolute Gasteiger partial charge is 0.260 e. The van der Waals surface area contributed by atoms with Crippen molar-refractivity contribution in [3.8, 4) is 5.75 Å². The largest absolute Gasteiger partial charge is 0.508 e. The van der Waals surface area contributed by atoms with Crippen molar-refractivity contribution in [1.29, 1.82) is 0 Å². The Kier molecular flexibility index (Phi) is 4.91. The Balaban J connectivity index is 1.68. The highest BCUT2D eigenvalue weighted by molar-refractivity contribution is 8.05. The van der Waals surface area contributed by atoms with E-state index in [-0.39, 0.29) is 17.2 Å². The Morgan fingerprint density at radius 1 is 1.12 bits per heavy atom. The molecule has 5 heteroatoms. The highest BCUT2D eigenvalue weighted by atomic mass is 32.2. The molecule has 1 unspecified atom stereocenters. The lowest BCUT2D eigenvalue weighted by Gasteiger charge is -2.25. The fourth-order valence-corrected chi connectivity index (χ4v) is 3.32. The Morgan fingerprint density at radius 3 is 2.54 bits per heavy atom. The molecule has 1 aliphatic heterocycles. The van der Waals surface area contributed by atoms with Crippen molar-refractivity contribution in [3.05, 3.63) is 77.2 Å². The summed E-state index contributed by atoms with van der Waals surface area (Å²) in [5.41, 5.74) is 1.85. The van der Waals surface area contributed by atoms with Gasteiger partial charge in [-0.25, -0.2) is 0 Å². The quantitative estimate of drug-likeness (QED) is 0.837. The van der Waals surface area contributed by atoms with Gasteiger partial charge in [0, 0.05) is 12.7 Å². The van der Waals surface area contributed by atoms with E-state index in [2.05, 4.69) is 5.32 Å². The van der Waals surface area contributed by atoms with E-state index in [0.717, 1.165) is 11.3 Å². The summed E-state index contributed by atoms with van der Waals surface area (Å²) in [7, 11) is 1.91. The molecule has 0 saturated carbocycles. The number of anilines is 1. The van der Waals surface area contributed by atoms with E-state index in [1.807, 2.05) is 72.6 Å². The van der Waals surface area contributed by atoms with Crippen LogP contribution in [0.25, 0.3) is 6.08 Å². The maximum Gasteiger partial charge on any atom is 0.260 e. The second kappa shape index (κ2) is 7.27. The third-order valence-corrected chi connectivity index (χ3v) is 4.89. The number of rotatable bonds is 4. The van der Waals surface area contributed by atoms with E-state index in [0.29, 0.717) is 4.91 Å². The van der Waals surface area contributed by atoms with Gasteiger partial charge in [-0.1, -0.05) is 54.2 Å². The van der Waals surface area contributed by atoms with E-state index < -0.39 is 0 Å². The van der Waals surface area contributed by atoms with Gasteiger partial charge < -0.3 is 15.3 Å². The van der Waals surface area contributed by atoms with Crippen molar-refractivity contribution in [2.45, 2.75) is 5.50 Å². The number of hydrogen-bond acceptors (Lipinski definition) is 4. The zero-order valence-electron chi connectivity index (χ0n) is 13.2. The maximum absolute atomic E-state index is 12.1. The average molecular weight is 338 g/mol. The lowest BCUT2D eigenvalue weighted by Crippen LogP contribution is -2.39.